The van der Waals surface area contributed by atoms with Crippen LogP contribution in [-0.4, -0.2) is 48.7 Å². The number of carbonyl (C=O) groups excluding carboxylic acids is 1. The van der Waals surface area contributed by atoms with Crippen LogP contribution < -0.4 is 10.3 Å². The summed E-state index contributed by atoms with van der Waals surface area (Å²) in [4.78, 5) is 24.9. The van der Waals surface area contributed by atoms with Crippen molar-refractivity contribution in [2.45, 2.75) is 18.0 Å². The summed E-state index contributed by atoms with van der Waals surface area (Å²) in [6, 6.07) is 3.11. The van der Waals surface area contributed by atoms with Crippen LogP contribution in [0.25, 0.3) is 5.65 Å². The summed E-state index contributed by atoms with van der Waals surface area (Å²) in [5, 5.41) is 13.5. The third-order valence-electron chi connectivity index (χ3n) is 4.09. The second-order valence-corrected chi connectivity index (χ2v) is 6.55. The quantitative estimate of drug-likeness (QED) is 0.374. The first-order chi connectivity index (χ1) is 11.1. The first kappa shape index (κ1) is 17.2. The summed E-state index contributed by atoms with van der Waals surface area (Å²) in [7, 11) is 0. The van der Waals surface area contributed by atoms with Crippen molar-refractivity contribution in [2.24, 2.45) is 5.73 Å². The molecule has 1 saturated heterocycles. The normalized spacial score (nSPS) is 22.9. The largest absolute Gasteiger partial charge is 0.477 e. The van der Waals surface area contributed by atoms with E-state index in [1.807, 2.05) is 22.9 Å². The molecule has 1 fully saturated rings. The number of nitrogens with two attached hydrogens (primary N) is 1. The van der Waals surface area contributed by atoms with E-state index in [0.29, 0.717) is 17.9 Å². The summed E-state index contributed by atoms with van der Waals surface area (Å²) in [6.07, 6.45) is 5.33. The number of carbonyl (C=O) groups is 2. The minimum Gasteiger partial charge on any atom is -0.477 e. The molecule has 4 heterocycles. The number of β-lactam (4-membered cyclic amide) rings is 1. The van der Waals surface area contributed by atoms with Crippen LogP contribution in [-0.2, 0) is 16.1 Å². The lowest BCUT2D eigenvalue weighted by Crippen LogP contribution is -2.68. The molecule has 126 valence electrons. The Hall–Kier alpha value is -1.66. The highest BCUT2D eigenvalue weighted by molar-refractivity contribution is 14.0. The molecule has 2 aliphatic heterocycles. The average Bonchev–Trinajstić information content (AvgIpc) is 2.96. The number of imidazole rings is 1. The number of hydrogen-bond acceptors (Lipinski definition) is 5. The van der Waals surface area contributed by atoms with Gasteiger partial charge in [0.15, 0.2) is 6.20 Å². The molecule has 0 radical (unpaired) electrons. The molecule has 0 bridgehead atoms. The standard InChI is InChI=1S/C14H13N5O3S.HI/c15-10-12(20)19-11(14(21)22)8(7-23-13(10)19)6-17-4-5-18-9(17)2-1-3-16-18;/h1-5,10,13H,6-7,15H2;1H/p+1/t10-,13-;/m1./s1. The van der Waals surface area contributed by atoms with E-state index in [0.717, 1.165) is 5.65 Å². The minimum atomic E-state index is -1.09. The fraction of sp³-hybridized carbons (Fsp3) is 0.286. The van der Waals surface area contributed by atoms with Gasteiger partial charge < -0.3 is 10.8 Å². The van der Waals surface area contributed by atoms with E-state index >= 15 is 0 Å². The van der Waals surface area contributed by atoms with Gasteiger partial charge in [0.1, 0.15) is 29.9 Å². The van der Waals surface area contributed by atoms with Gasteiger partial charge in [-0.2, -0.15) is 0 Å². The van der Waals surface area contributed by atoms with Gasteiger partial charge >= 0.3 is 11.6 Å². The van der Waals surface area contributed by atoms with Crippen LogP contribution in [0.5, 0.6) is 0 Å². The number of aromatic nitrogens is 3. The Kier molecular flexibility index (Phi) is 4.53. The van der Waals surface area contributed by atoms with Gasteiger partial charge in [-0.1, -0.05) is 5.10 Å². The van der Waals surface area contributed by atoms with Gasteiger partial charge in [-0.15, -0.1) is 40.3 Å². The maximum atomic E-state index is 11.9. The summed E-state index contributed by atoms with van der Waals surface area (Å²) < 4.78 is 3.63. The molecule has 0 unspecified atom stereocenters. The molecule has 0 spiro atoms. The predicted octanol–water partition coefficient (Wildman–Crippen LogP) is -0.179. The van der Waals surface area contributed by atoms with Crippen molar-refractivity contribution in [1.82, 2.24) is 14.5 Å². The molecule has 2 atom stereocenters. The van der Waals surface area contributed by atoms with E-state index in [4.69, 9.17) is 5.73 Å². The van der Waals surface area contributed by atoms with Crippen molar-refractivity contribution in [3.63, 3.8) is 0 Å². The van der Waals surface area contributed by atoms with Crippen molar-refractivity contribution in [3.8, 4) is 0 Å². The Morgan fingerprint density at radius 1 is 1.54 bits per heavy atom. The zero-order chi connectivity index (χ0) is 16.1. The topological polar surface area (TPSA) is 105 Å². The number of fused-ring (bicyclic) bond motifs is 2. The Balaban J connectivity index is 0.00000169. The van der Waals surface area contributed by atoms with E-state index in [1.54, 1.807) is 16.9 Å². The van der Waals surface area contributed by atoms with Crippen LogP contribution in [0.2, 0.25) is 0 Å². The number of carboxylic acids is 1. The van der Waals surface area contributed by atoms with E-state index in [2.05, 4.69) is 5.10 Å². The van der Waals surface area contributed by atoms with Crippen molar-refractivity contribution in [1.29, 1.82) is 0 Å². The third-order valence-corrected chi connectivity index (χ3v) is 5.45. The molecular formula is C14H15IN5O3S+. The number of thioether (sulfide) groups is 1. The van der Waals surface area contributed by atoms with Gasteiger partial charge in [0.25, 0.3) is 0 Å². The lowest BCUT2D eigenvalue weighted by Gasteiger charge is -2.47. The molecule has 2 aromatic heterocycles. The maximum absolute atomic E-state index is 11.9. The lowest BCUT2D eigenvalue weighted by molar-refractivity contribution is -0.662. The van der Waals surface area contributed by atoms with Crippen LogP contribution in [0.1, 0.15) is 0 Å². The number of amides is 1. The number of aliphatic carboxylic acids is 1. The second kappa shape index (κ2) is 6.33. The number of halogens is 1. The highest BCUT2D eigenvalue weighted by atomic mass is 127. The Labute approximate surface area is 158 Å². The number of hydrogen-bond donors (Lipinski definition) is 2. The fourth-order valence-corrected chi connectivity index (χ4v) is 4.26. The summed E-state index contributed by atoms with van der Waals surface area (Å²) in [5.74, 6) is -0.882. The monoisotopic (exact) mass is 460 g/mol. The zero-order valence-corrected chi connectivity index (χ0v) is 15.5. The number of carboxylic acid groups (broad SMARTS) is 1. The highest BCUT2D eigenvalue weighted by Gasteiger charge is 2.51. The van der Waals surface area contributed by atoms with E-state index in [-0.39, 0.29) is 41.0 Å². The smallest absolute Gasteiger partial charge is 0.352 e. The van der Waals surface area contributed by atoms with Crippen molar-refractivity contribution >= 4 is 53.3 Å². The number of nitrogens with zero attached hydrogens (tertiary/aromatic N) is 4. The van der Waals surface area contributed by atoms with Crippen LogP contribution in [0, 0.1) is 0 Å². The predicted molar refractivity (Wildman–Crippen MR) is 96.5 cm³/mol. The fourth-order valence-electron chi connectivity index (χ4n) is 2.98. The average molecular weight is 460 g/mol. The Morgan fingerprint density at radius 3 is 3.08 bits per heavy atom. The molecule has 0 saturated carbocycles. The third kappa shape index (κ3) is 2.48. The SMILES string of the molecule is I.N[C@@H]1C(=O)N2C(C(=O)O)=C(C[n+]3ccn4ncccc43)CS[C@H]12. The molecule has 3 N–H and O–H groups in total. The first-order valence-electron chi connectivity index (χ1n) is 7.05. The molecular weight excluding hydrogens is 445 g/mol. The molecule has 0 aromatic carbocycles. The molecule has 2 aliphatic rings. The lowest BCUT2D eigenvalue weighted by atomic mass is 10.0. The summed E-state index contributed by atoms with van der Waals surface area (Å²) in [5.41, 5.74) is 7.36. The van der Waals surface area contributed by atoms with E-state index in [9.17, 15) is 14.7 Å². The van der Waals surface area contributed by atoms with Gasteiger partial charge in [0.05, 0.1) is 6.20 Å². The van der Waals surface area contributed by atoms with Crippen molar-refractivity contribution in [3.05, 3.63) is 42.0 Å². The van der Waals surface area contributed by atoms with Crippen molar-refractivity contribution < 1.29 is 19.3 Å². The molecule has 0 aliphatic carbocycles. The van der Waals surface area contributed by atoms with Crippen LogP contribution in [0.15, 0.2) is 42.0 Å². The Bertz CT molecular complexity index is 867. The maximum Gasteiger partial charge on any atom is 0.352 e. The van der Waals surface area contributed by atoms with Gasteiger partial charge in [-0.3, -0.25) is 9.69 Å². The second-order valence-electron chi connectivity index (χ2n) is 5.45. The summed E-state index contributed by atoms with van der Waals surface area (Å²) >= 11 is 1.50. The summed E-state index contributed by atoms with van der Waals surface area (Å²) in [6.45, 7) is 0.391. The first-order valence-corrected chi connectivity index (χ1v) is 8.10. The molecule has 24 heavy (non-hydrogen) atoms. The zero-order valence-electron chi connectivity index (χ0n) is 12.4. The molecule has 1 amide bonds. The van der Waals surface area contributed by atoms with Gasteiger partial charge in [-0.05, 0) is 6.07 Å². The van der Waals surface area contributed by atoms with Gasteiger partial charge in [0.2, 0.25) is 5.91 Å². The van der Waals surface area contributed by atoms with Crippen LogP contribution in [0.3, 0.4) is 0 Å². The molecule has 10 heteroatoms. The Morgan fingerprint density at radius 2 is 2.33 bits per heavy atom. The molecule has 8 nitrogen and oxygen atoms in total. The van der Waals surface area contributed by atoms with Crippen LogP contribution in [0.4, 0.5) is 0 Å². The minimum absolute atomic E-state index is 0. The van der Waals surface area contributed by atoms with E-state index in [1.165, 1.54) is 16.7 Å². The number of rotatable bonds is 3. The van der Waals surface area contributed by atoms with Crippen molar-refractivity contribution in [2.75, 3.05) is 5.75 Å². The van der Waals surface area contributed by atoms with Gasteiger partial charge in [0, 0.05) is 17.4 Å². The van der Waals surface area contributed by atoms with Gasteiger partial charge in [-0.25, -0.2) is 9.36 Å². The highest BCUT2D eigenvalue weighted by Crippen LogP contribution is 2.39. The van der Waals surface area contributed by atoms with Crippen LogP contribution >= 0.6 is 35.7 Å². The molecule has 2 aromatic rings. The molecule has 4 rings (SSSR count). The van der Waals surface area contributed by atoms with E-state index < -0.39 is 12.0 Å².